The number of methoxy groups -OCH3 is 1. The average molecular weight is 305 g/mol. The molecule has 3 N–H and O–H groups in total. The lowest BCUT2D eigenvalue weighted by atomic mass is 9.80. The Morgan fingerprint density at radius 2 is 1.76 bits per heavy atom. The number of ketones is 1. The van der Waals surface area contributed by atoms with Crippen LogP contribution in [0.5, 0.6) is 0 Å². The Bertz CT molecular complexity index is 219. The Kier molecular flexibility index (Phi) is 21.4. The second kappa shape index (κ2) is 17.6. The molecule has 0 amide bonds. The molecule has 0 aromatic rings. The summed E-state index contributed by atoms with van der Waals surface area (Å²) in [4.78, 5) is 12.4. The molecule has 0 heterocycles. The summed E-state index contributed by atoms with van der Waals surface area (Å²) in [6, 6.07) is -0.0938. The molecule has 0 aromatic carbocycles. The first kappa shape index (κ1) is 25.5. The third-order valence-corrected chi connectivity index (χ3v) is 3.26. The summed E-state index contributed by atoms with van der Waals surface area (Å²) in [6.07, 6.45) is 2.54. The van der Waals surface area contributed by atoms with Gasteiger partial charge in [0.25, 0.3) is 0 Å². The van der Waals surface area contributed by atoms with Gasteiger partial charge in [-0.2, -0.15) is 0 Å². The molecule has 0 aliphatic heterocycles. The Hall–Kier alpha value is -0.450. The van der Waals surface area contributed by atoms with Gasteiger partial charge in [0.05, 0.1) is 12.6 Å². The van der Waals surface area contributed by atoms with Gasteiger partial charge in [0, 0.05) is 19.1 Å². The maximum Gasteiger partial charge on any atom is 0.155 e. The van der Waals surface area contributed by atoms with Crippen molar-refractivity contribution >= 4 is 5.78 Å². The van der Waals surface area contributed by atoms with E-state index in [1.165, 1.54) is 0 Å². The standard InChI is InChI=1S/C13H28N2O2.2C2H6/c1-5-13(2,3)12(16)11(7-6-8-14)15-9-10-17-4;2*1-2/h11,15H,5-10,14H2,1-4H3;2*1-2H3. The number of ether oxygens (including phenoxy) is 1. The molecule has 0 spiro atoms. The van der Waals surface area contributed by atoms with Crippen molar-refractivity contribution < 1.29 is 9.53 Å². The van der Waals surface area contributed by atoms with E-state index in [1.807, 2.05) is 48.5 Å². The first-order valence-corrected chi connectivity index (χ1v) is 8.46. The number of hydrogen-bond donors (Lipinski definition) is 2. The van der Waals surface area contributed by atoms with Gasteiger partial charge in [-0.15, -0.1) is 0 Å². The van der Waals surface area contributed by atoms with E-state index in [1.54, 1.807) is 7.11 Å². The molecule has 21 heavy (non-hydrogen) atoms. The number of Topliss-reactive ketones (excluding diaryl/α,β-unsaturated/α-hetero) is 1. The molecule has 0 aliphatic rings. The lowest BCUT2D eigenvalue weighted by Crippen LogP contribution is -2.45. The first-order valence-electron chi connectivity index (χ1n) is 8.46. The number of rotatable bonds is 10. The molecule has 1 unspecified atom stereocenters. The minimum atomic E-state index is -0.265. The van der Waals surface area contributed by atoms with Crippen LogP contribution in [0.2, 0.25) is 0 Å². The minimum Gasteiger partial charge on any atom is -0.383 e. The highest BCUT2D eigenvalue weighted by Crippen LogP contribution is 2.24. The molecule has 0 rings (SSSR count). The molecular formula is C17H40N2O2. The minimum absolute atomic E-state index is 0.0938. The van der Waals surface area contributed by atoms with Crippen LogP contribution in [0.25, 0.3) is 0 Å². The molecule has 4 heteroatoms. The molecule has 0 fully saturated rings. The highest BCUT2D eigenvalue weighted by Gasteiger charge is 2.31. The fraction of sp³-hybridized carbons (Fsp3) is 0.941. The zero-order chi connectivity index (χ0) is 17.3. The summed E-state index contributed by atoms with van der Waals surface area (Å²) in [5.41, 5.74) is 5.25. The smallest absolute Gasteiger partial charge is 0.155 e. The summed E-state index contributed by atoms with van der Waals surface area (Å²) in [7, 11) is 1.66. The van der Waals surface area contributed by atoms with Gasteiger partial charge in [0.2, 0.25) is 0 Å². The molecule has 0 aliphatic carbocycles. The topological polar surface area (TPSA) is 64.4 Å². The molecule has 1 atom stereocenters. The van der Waals surface area contributed by atoms with Crippen molar-refractivity contribution in [2.45, 2.75) is 73.8 Å². The Labute approximate surface area is 133 Å². The quantitative estimate of drug-likeness (QED) is 0.607. The Balaban J connectivity index is -0.000000739. The van der Waals surface area contributed by atoms with Crippen molar-refractivity contribution in [1.82, 2.24) is 5.32 Å². The van der Waals surface area contributed by atoms with Crippen LogP contribution in [0.4, 0.5) is 0 Å². The zero-order valence-electron chi connectivity index (χ0n) is 15.7. The summed E-state index contributed by atoms with van der Waals surface area (Å²) in [5, 5.41) is 3.27. The fourth-order valence-corrected chi connectivity index (χ4v) is 1.63. The van der Waals surface area contributed by atoms with Crippen molar-refractivity contribution in [3.05, 3.63) is 0 Å². The van der Waals surface area contributed by atoms with Crippen LogP contribution in [0.15, 0.2) is 0 Å². The van der Waals surface area contributed by atoms with Crippen LogP contribution in [-0.2, 0) is 9.53 Å². The van der Waals surface area contributed by atoms with E-state index in [2.05, 4.69) is 5.32 Å². The van der Waals surface area contributed by atoms with Crippen LogP contribution >= 0.6 is 0 Å². The average Bonchev–Trinajstić information content (AvgIpc) is 2.54. The molecular weight excluding hydrogens is 264 g/mol. The summed E-state index contributed by atoms with van der Waals surface area (Å²) in [5.74, 6) is 0.282. The van der Waals surface area contributed by atoms with E-state index in [9.17, 15) is 4.79 Å². The van der Waals surface area contributed by atoms with Gasteiger partial charge < -0.3 is 15.8 Å². The number of hydrogen-bond acceptors (Lipinski definition) is 4. The van der Waals surface area contributed by atoms with Crippen molar-refractivity contribution in [2.75, 3.05) is 26.8 Å². The lowest BCUT2D eigenvalue weighted by Gasteiger charge is -2.28. The predicted molar refractivity (Wildman–Crippen MR) is 93.7 cm³/mol. The largest absolute Gasteiger partial charge is 0.383 e. The van der Waals surface area contributed by atoms with E-state index in [0.29, 0.717) is 19.7 Å². The lowest BCUT2D eigenvalue weighted by molar-refractivity contribution is -0.129. The van der Waals surface area contributed by atoms with Gasteiger partial charge >= 0.3 is 0 Å². The molecule has 0 saturated heterocycles. The zero-order valence-corrected chi connectivity index (χ0v) is 15.7. The van der Waals surface area contributed by atoms with E-state index in [4.69, 9.17) is 10.5 Å². The maximum atomic E-state index is 12.4. The number of nitrogens with one attached hydrogen (secondary N) is 1. The van der Waals surface area contributed by atoms with Gasteiger partial charge in [0.15, 0.2) is 5.78 Å². The van der Waals surface area contributed by atoms with Crippen molar-refractivity contribution in [2.24, 2.45) is 11.1 Å². The molecule has 0 aromatic heterocycles. The monoisotopic (exact) mass is 304 g/mol. The second-order valence-electron chi connectivity index (χ2n) is 5.03. The van der Waals surface area contributed by atoms with Gasteiger partial charge in [-0.1, -0.05) is 48.5 Å². The molecule has 0 saturated carbocycles. The molecule has 0 radical (unpaired) electrons. The van der Waals surface area contributed by atoms with Gasteiger partial charge in [-0.05, 0) is 25.8 Å². The van der Waals surface area contributed by atoms with Crippen molar-refractivity contribution in [3.63, 3.8) is 0 Å². The van der Waals surface area contributed by atoms with E-state index in [-0.39, 0.29) is 17.2 Å². The van der Waals surface area contributed by atoms with Crippen LogP contribution in [0.3, 0.4) is 0 Å². The second-order valence-corrected chi connectivity index (χ2v) is 5.03. The fourth-order valence-electron chi connectivity index (χ4n) is 1.63. The van der Waals surface area contributed by atoms with Gasteiger partial charge in [0.1, 0.15) is 0 Å². The van der Waals surface area contributed by atoms with Crippen LogP contribution < -0.4 is 11.1 Å². The summed E-state index contributed by atoms with van der Waals surface area (Å²) >= 11 is 0. The highest BCUT2D eigenvalue weighted by atomic mass is 16.5. The third kappa shape index (κ3) is 13.0. The van der Waals surface area contributed by atoms with Gasteiger partial charge in [-0.3, -0.25) is 4.79 Å². The Morgan fingerprint density at radius 1 is 1.24 bits per heavy atom. The maximum absolute atomic E-state index is 12.4. The van der Waals surface area contributed by atoms with Crippen LogP contribution in [0.1, 0.15) is 67.7 Å². The number of nitrogens with two attached hydrogens (primary N) is 1. The van der Waals surface area contributed by atoms with Crippen molar-refractivity contribution in [1.29, 1.82) is 0 Å². The summed E-state index contributed by atoms with van der Waals surface area (Å²) in [6.45, 7) is 16.0. The number of carbonyl (C=O) groups is 1. The molecule has 0 bridgehead atoms. The third-order valence-electron chi connectivity index (χ3n) is 3.26. The molecule has 130 valence electrons. The predicted octanol–water partition coefficient (Wildman–Crippen LogP) is 3.39. The van der Waals surface area contributed by atoms with Gasteiger partial charge in [-0.25, -0.2) is 0 Å². The first-order chi connectivity index (χ1) is 9.99. The van der Waals surface area contributed by atoms with E-state index >= 15 is 0 Å². The highest BCUT2D eigenvalue weighted by molar-refractivity contribution is 5.89. The van der Waals surface area contributed by atoms with Crippen molar-refractivity contribution in [3.8, 4) is 0 Å². The van der Waals surface area contributed by atoms with Crippen LogP contribution in [-0.4, -0.2) is 38.6 Å². The normalized spacial score (nSPS) is 11.7. The Morgan fingerprint density at radius 3 is 2.14 bits per heavy atom. The van der Waals surface area contributed by atoms with Crippen LogP contribution in [0, 0.1) is 5.41 Å². The SMILES string of the molecule is CC.CC.CCC(C)(C)C(=O)C(CCCN)NCCOC. The van der Waals surface area contributed by atoms with E-state index < -0.39 is 0 Å². The molecule has 4 nitrogen and oxygen atoms in total. The number of carbonyl (C=O) groups excluding carboxylic acids is 1. The summed E-state index contributed by atoms with van der Waals surface area (Å²) < 4.78 is 4.99. The van der Waals surface area contributed by atoms with E-state index in [0.717, 1.165) is 19.3 Å².